The van der Waals surface area contributed by atoms with Crippen LogP contribution >= 0.6 is 22.6 Å². The maximum Gasteiger partial charge on any atom is 0.0501 e. The third-order valence-corrected chi connectivity index (χ3v) is 2.43. The molecule has 0 radical (unpaired) electrons. The normalized spacial score (nSPS) is 12.5. The fourth-order valence-corrected chi connectivity index (χ4v) is 1.69. The highest BCUT2D eigenvalue weighted by atomic mass is 127. The predicted molar refractivity (Wildman–Crippen MR) is 61.2 cm³/mol. The van der Waals surface area contributed by atoms with Gasteiger partial charge in [-0.1, -0.05) is 18.2 Å². The Hall–Kier alpha value is -0.350. The van der Waals surface area contributed by atoms with E-state index < -0.39 is 0 Å². The molecule has 0 fully saturated rings. The molecule has 0 aromatic heterocycles. The van der Waals surface area contributed by atoms with Gasteiger partial charge in [0.1, 0.15) is 0 Å². The predicted octanol–water partition coefficient (Wildman–Crippen LogP) is 2.74. The number of nitrogens with one attached hydrogen (secondary N) is 1. The molecular formula is C10H12IN. The Morgan fingerprint density at radius 3 is 2.83 bits per heavy atom. The van der Waals surface area contributed by atoms with Gasteiger partial charge in [-0.25, -0.2) is 0 Å². The summed E-state index contributed by atoms with van der Waals surface area (Å²) in [6.45, 7) is 3.77. The van der Waals surface area contributed by atoms with Crippen LogP contribution in [0.5, 0.6) is 0 Å². The van der Waals surface area contributed by atoms with E-state index in [4.69, 9.17) is 0 Å². The first kappa shape index (κ1) is 9.74. The smallest absolute Gasteiger partial charge is 0.0501 e. The molecule has 1 aromatic carbocycles. The SMILES string of the molecule is C=CC(NC)c1cccc(I)c1. The van der Waals surface area contributed by atoms with Crippen LogP contribution in [-0.2, 0) is 0 Å². The van der Waals surface area contributed by atoms with Crippen LogP contribution in [0.15, 0.2) is 36.9 Å². The summed E-state index contributed by atoms with van der Waals surface area (Å²) < 4.78 is 1.26. The van der Waals surface area contributed by atoms with Gasteiger partial charge in [0.25, 0.3) is 0 Å². The molecule has 64 valence electrons. The first-order valence-electron chi connectivity index (χ1n) is 3.83. The Labute approximate surface area is 87.0 Å². The van der Waals surface area contributed by atoms with E-state index in [-0.39, 0.29) is 6.04 Å². The van der Waals surface area contributed by atoms with Gasteiger partial charge in [0.2, 0.25) is 0 Å². The third kappa shape index (κ3) is 2.32. The molecule has 0 aliphatic rings. The second kappa shape index (κ2) is 4.62. The zero-order valence-corrected chi connectivity index (χ0v) is 9.21. The maximum atomic E-state index is 3.77. The molecule has 1 aromatic rings. The fourth-order valence-electron chi connectivity index (χ4n) is 1.12. The highest BCUT2D eigenvalue weighted by Crippen LogP contribution is 2.15. The number of benzene rings is 1. The summed E-state index contributed by atoms with van der Waals surface area (Å²) in [6.07, 6.45) is 1.91. The lowest BCUT2D eigenvalue weighted by molar-refractivity contribution is 0.716. The van der Waals surface area contributed by atoms with Crippen molar-refractivity contribution in [1.29, 1.82) is 0 Å². The summed E-state index contributed by atoms with van der Waals surface area (Å²) in [5.74, 6) is 0. The average molecular weight is 273 g/mol. The summed E-state index contributed by atoms with van der Waals surface area (Å²) >= 11 is 2.31. The lowest BCUT2D eigenvalue weighted by Crippen LogP contribution is -2.13. The minimum Gasteiger partial charge on any atom is -0.310 e. The van der Waals surface area contributed by atoms with Crippen molar-refractivity contribution in [3.05, 3.63) is 46.1 Å². The summed E-state index contributed by atoms with van der Waals surface area (Å²) in [5.41, 5.74) is 1.26. The zero-order chi connectivity index (χ0) is 8.97. The summed E-state index contributed by atoms with van der Waals surface area (Å²) in [5, 5.41) is 3.17. The number of hydrogen-bond acceptors (Lipinski definition) is 1. The largest absolute Gasteiger partial charge is 0.310 e. The second-order valence-electron chi connectivity index (χ2n) is 2.56. The molecule has 0 amide bonds. The minimum atomic E-state index is 0.264. The van der Waals surface area contributed by atoms with Crippen LogP contribution < -0.4 is 5.32 Å². The van der Waals surface area contributed by atoms with Crippen molar-refractivity contribution in [2.75, 3.05) is 7.05 Å². The van der Waals surface area contributed by atoms with E-state index in [0.717, 1.165) is 0 Å². The van der Waals surface area contributed by atoms with Crippen LogP contribution in [0, 0.1) is 3.57 Å². The van der Waals surface area contributed by atoms with Gasteiger partial charge in [-0.05, 0) is 47.3 Å². The van der Waals surface area contributed by atoms with Gasteiger partial charge in [0.05, 0.1) is 6.04 Å². The van der Waals surface area contributed by atoms with Crippen LogP contribution in [0.4, 0.5) is 0 Å². The molecule has 0 spiro atoms. The molecule has 0 aliphatic carbocycles. The van der Waals surface area contributed by atoms with Gasteiger partial charge in [-0.3, -0.25) is 0 Å². The van der Waals surface area contributed by atoms with Gasteiger partial charge >= 0.3 is 0 Å². The molecule has 12 heavy (non-hydrogen) atoms. The van der Waals surface area contributed by atoms with E-state index >= 15 is 0 Å². The monoisotopic (exact) mass is 273 g/mol. The van der Waals surface area contributed by atoms with E-state index in [1.54, 1.807) is 0 Å². The molecule has 1 unspecified atom stereocenters. The molecule has 2 heteroatoms. The van der Waals surface area contributed by atoms with E-state index in [2.05, 4.69) is 58.8 Å². The van der Waals surface area contributed by atoms with Gasteiger partial charge in [-0.2, -0.15) is 0 Å². The number of hydrogen-bond donors (Lipinski definition) is 1. The highest BCUT2D eigenvalue weighted by Gasteiger charge is 2.02. The first-order valence-corrected chi connectivity index (χ1v) is 4.91. The van der Waals surface area contributed by atoms with Gasteiger partial charge in [0.15, 0.2) is 0 Å². The van der Waals surface area contributed by atoms with Crippen LogP contribution in [0.2, 0.25) is 0 Å². The van der Waals surface area contributed by atoms with Crippen molar-refractivity contribution in [2.24, 2.45) is 0 Å². The quantitative estimate of drug-likeness (QED) is 0.659. The lowest BCUT2D eigenvalue weighted by atomic mass is 10.1. The Morgan fingerprint density at radius 2 is 2.33 bits per heavy atom. The minimum absolute atomic E-state index is 0.264. The Balaban J connectivity index is 2.93. The van der Waals surface area contributed by atoms with Gasteiger partial charge in [-0.15, -0.1) is 6.58 Å². The van der Waals surface area contributed by atoms with Crippen molar-refractivity contribution in [2.45, 2.75) is 6.04 Å². The zero-order valence-electron chi connectivity index (χ0n) is 7.05. The van der Waals surface area contributed by atoms with Crippen molar-refractivity contribution in [3.8, 4) is 0 Å². The van der Waals surface area contributed by atoms with Crippen LogP contribution in [0.25, 0.3) is 0 Å². The fraction of sp³-hybridized carbons (Fsp3) is 0.200. The number of halogens is 1. The Morgan fingerprint density at radius 1 is 1.58 bits per heavy atom. The highest BCUT2D eigenvalue weighted by molar-refractivity contribution is 14.1. The molecule has 0 saturated carbocycles. The number of likely N-dealkylation sites (N-methyl/N-ethyl adjacent to an activating group) is 1. The van der Waals surface area contributed by atoms with Crippen LogP contribution in [-0.4, -0.2) is 7.05 Å². The summed E-state index contributed by atoms with van der Waals surface area (Å²) in [7, 11) is 1.94. The van der Waals surface area contributed by atoms with Crippen molar-refractivity contribution in [3.63, 3.8) is 0 Å². The summed E-state index contributed by atoms with van der Waals surface area (Å²) in [4.78, 5) is 0. The van der Waals surface area contributed by atoms with Crippen molar-refractivity contribution in [1.82, 2.24) is 5.32 Å². The molecule has 1 rings (SSSR count). The lowest BCUT2D eigenvalue weighted by Gasteiger charge is -2.11. The van der Waals surface area contributed by atoms with Gasteiger partial charge < -0.3 is 5.32 Å². The summed E-state index contributed by atoms with van der Waals surface area (Å²) in [6, 6.07) is 8.67. The number of rotatable bonds is 3. The molecule has 0 aliphatic heterocycles. The molecule has 0 heterocycles. The third-order valence-electron chi connectivity index (χ3n) is 1.75. The Bertz CT molecular complexity index is 270. The van der Waals surface area contributed by atoms with E-state index in [1.165, 1.54) is 9.13 Å². The standard InChI is InChI=1S/C10H12IN/c1-3-10(12-2)8-5-4-6-9(11)7-8/h3-7,10,12H,1H2,2H3. The van der Waals surface area contributed by atoms with Gasteiger partial charge in [0, 0.05) is 3.57 Å². The topological polar surface area (TPSA) is 12.0 Å². The second-order valence-corrected chi connectivity index (χ2v) is 3.80. The van der Waals surface area contributed by atoms with Crippen LogP contribution in [0.3, 0.4) is 0 Å². The van der Waals surface area contributed by atoms with Crippen LogP contribution in [0.1, 0.15) is 11.6 Å². The van der Waals surface area contributed by atoms with E-state index in [1.807, 2.05) is 13.1 Å². The van der Waals surface area contributed by atoms with Crippen molar-refractivity contribution < 1.29 is 0 Å². The Kier molecular flexibility index (Phi) is 3.75. The average Bonchev–Trinajstić information content (AvgIpc) is 2.07. The first-order chi connectivity index (χ1) is 5.77. The molecular weight excluding hydrogens is 261 g/mol. The van der Waals surface area contributed by atoms with Crippen molar-refractivity contribution >= 4 is 22.6 Å². The molecule has 0 bridgehead atoms. The molecule has 1 atom stereocenters. The van der Waals surface area contributed by atoms with E-state index in [9.17, 15) is 0 Å². The maximum absolute atomic E-state index is 3.77. The molecule has 0 saturated heterocycles. The van der Waals surface area contributed by atoms with E-state index in [0.29, 0.717) is 0 Å². The molecule has 1 nitrogen and oxygen atoms in total. The molecule has 1 N–H and O–H groups in total.